The van der Waals surface area contributed by atoms with Crippen LogP contribution in [0.2, 0.25) is 5.02 Å². The molecule has 28 heavy (non-hydrogen) atoms. The Hall–Kier alpha value is -2.56. The molecule has 0 saturated carbocycles. The van der Waals surface area contributed by atoms with Gasteiger partial charge in [-0.1, -0.05) is 35.9 Å². The van der Waals surface area contributed by atoms with Crippen LogP contribution in [0.25, 0.3) is 11.3 Å². The first-order valence-electron chi connectivity index (χ1n) is 9.01. The van der Waals surface area contributed by atoms with Crippen LogP contribution in [0.4, 0.5) is 11.4 Å². The number of hydrogen-bond donors (Lipinski definition) is 2. The summed E-state index contributed by atoms with van der Waals surface area (Å²) >= 11 is 6.01. The molecule has 4 rings (SSSR count). The first-order valence-corrected chi connectivity index (χ1v) is 9.39. The number of nitrogens with two attached hydrogens (primary N) is 1. The van der Waals surface area contributed by atoms with E-state index in [0.29, 0.717) is 5.02 Å². The van der Waals surface area contributed by atoms with E-state index in [1.54, 1.807) is 0 Å². The van der Waals surface area contributed by atoms with E-state index in [1.165, 1.54) is 5.56 Å². The highest BCUT2D eigenvalue weighted by molar-refractivity contribution is 6.30. The summed E-state index contributed by atoms with van der Waals surface area (Å²) in [6.07, 6.45) is 3.42. The number of aromatic nitrogens is 1. The predicted molar refractivity (Wildman–Crippen MR) is 117 cm³/mol. The molecule has 1 aliphatic carbocycles. The van der Waals surface area contributed by atoms with Gasteiger partial charge >= 0.3 is 0 Å². The molecular formula is C22H21Cl2N3O. The van der Waals surface area contributed by atoms with Gasteiger partial charge < -0.3 is 11.1 Å². The minimum atomic E-state index is -0.324. The fraction of sp³-hybridized carbons (Fsp3) is 0.182. The van der Waals surface area contributed by atoms with Gasteiger partial charge in [-0.25, -0.2) is 0 Å². The Balaban J connectivity index is 0.00000225. The van der Waals surface area contributed by atoms with Gasteiger partial charge in [0.25, 0.3) is 0 Å². The molecule has 0 spiro atoms. The standard InChI is InChI=1S/C22H20ClN3O.ClH/c23-16-8-6-15(7-9-16)20-13-21(18-2-1-3-19(18)26-20)25-17-10-4-14(5-11-17)12-22(24)27;/h4-11,13H,1-3,12H2,(H2,24,27)(H,25,26);1H. The minimum Gasteiger partial charge on any atom is -0.369 e. The van der Waals surface area contributed by atoms with Crippen molar-refractivity contribution in [2.24, 2.45) is 5.73 Å². The molecule has 0 aliphatic heterocycles. The van der Waals surface area contributed by atoms with Crippen LogP contribution < -0.4 is 11.1 Å². The second-order valence-corrected chi connectivity index (χ2v) is 7.24. The molecule has 4 nitrogen and oxygen atoms in total. The van der Waals surface area contributed by atoms with Crippen LogP contribution in [-0.2, 0) is 24.1 Å². The highest BCUT2D eigenvalue weighted by atomic mass is 35.5. The monoisotopic (exact) mass is 413 g/mol. The third kappa shape index (κ3) is 4.46. The third-order valence-corrected chi connectivity index (χ3v) is 5.05. The molecule has 1 aromatic heterocycles. The van der Waals surface area contributed by atoms with Crippen LogP contribution in [0.3, 0.4) is 0 Å². The predicted octanol–water partition coefficient (Wildman–Crippen LogP) is 5.08. The summed E-state index contributed by atoms with van der Waals surface area (Å²) in [6.45, 7) is 0. The van der Waals surface area contributed by atoms with Gasteiger partial charge in [-0.2, -0.15) is 0 Å². The second kappa shape index (κ2) is 8.63. The quantitative estimate of drug-likeness (QED) is 0.612. The lowest BCUT2D eigenvalue weighted by atomic mass is 10.1. The van der Waals surface area contributed by atoms with Crippen molar-refractivity contribution in [1.29, 1.82) is 0 Å². The lowest BCUT2D eigenvalue weighted by Crippen LogP contribution is -2.13. The molecular weight excluding hydrogens is 393 g/mol. The second-order valence-electron chi connectivity index (χ2n) is 6.81. The summed E-state index contributed by atoms with van der Waals surface area (Å²) < 4.78 is 0. The van der Waals surface area contributed by atoms with Crippen LogP contribution in [0, 0.1) is 0 Å². The van der Waals surface area contributed by atoms with Crippen LogP contribution in [-0.4, -0.2) is 10.9 Å². The molecule has 3 aromatic rings. The van der Waals surface area contributed by atoms with Crippen molar-refractivity contribution in [1.82, 2.24) is 4.98 Å². The molecule has 0 radical (unpaired) electrons. The number of pyridine rings is 1. The van der Waals surface area contributed by atoms with Crippen molar-refractivity contribution >= 4 is 41.3 Å². The van der Waals surface area contributed by atoms with Gasteiger partial charge in [0, 0.05) is 27.7 Å². The van der Waals surface area contributed by atoms with Gasteiger partial charge in [-0.3, -0.25) is 9.78 Å². The van der Waals surface area contributed by atoms with E-state index in [1.807, 2.05) is 48.5 Å². The van der Waals surface area contributed by atoms with Gasteiger partial charge in [0.15, 0.2) is 0 Å². The molecule has 6 heteroatoms. The molecule has 0 unspecified atom stereocenters. The fourth-order valence-corrected chi connectivity index (χ4v) is 3.61. The summed E-state index contributed by atoms with van der Waals surface area (Å²) in [5.74, 6) is -0.324. The van der Waals surface area contributed by atoms with Crippen molar-refractivity contribution in [2.45, 2.75) is 25.7 Å². The number of benzene rings is 2. The van der Waals surface area contributed by atoms with Gasteiger partial charge in [-0.15, -0.1) is 12.4 Å². The molecule has 1 heterocycles. The number of fused-ring (bicyclic) bond motifs is 1. The number of primary amides is 1. The van der Waals surface area contributed by atoms with Gasteiger partial charge in [0.1, 0.15) is 0 Å². The molecule has 0 fully saturated rings. The molecule has 144 valence electrons. The number of amides is 1. The van der Waals surface area contributed by atoms with Gasteiger partial charge in [0.05, 0.1) is 12.1 Å². The lowest BCUT2D eigenvalue weighted by molar-refractivity contribution is -0.117. The summed E-state index contributed by atoms with van der Waals surface area (Å²) in [5, 5.41) is 4.24. The number of anilines is 2. The van der Waals surface area contributed by atoms with E-state index in [9.17, 15) is 4.79 Å². The molecule has 0 bridgehead atoms. The lowest BCUT2D eigenvalue weighted by Gasteiger charge is -2.14. The Morgan fingerprint density at radius 2 is 1.79 bits per heavy atom. The van der Waals surface area contributed by atoms with Crippen LogP contribution in [0.5, 0.6) is 0 Å². The Morgan fingerprint density at radius 1 is 1.07 bits per heavy atom. The number of carbonyl (C=O) groups excluding carboxylic acids is 1. The zero-order valence-electron chi connectivity index (χ0n) is 15.2. The van der Waals surface area contributed by atoms with Crippen LogP contribution in [0.1, 0.15) is 23.2 Å². The molecule has 2 aromatic carbocycles. The molecule has 1 amide bonds. The maximum absolute atomic E-state index is 11.1. The summed E-state index contributed by atoms with van der Waals surface area (Å²) in [5.41, 5.74) is 12.7. The van der Waals surface area contributed by atoms with Crippen molar-refractivity contribution in [3.05, 3.63) is 76.4 Å². The van der Waals surface area contributed by atoms with E-state index in [0.717, 1.165) is 53.2 Å². The number of aryl methyl sites for hydroxylation is 1. The SMILES string of the molecule is Cl.NC(=O)Cc1ccc(Nc2cc(-c3ccc(Cl)cc3)nc3c2CCC3)cc1. The first kappa shape index (κ1) is 20.2. The van der Waals surface area contributed by atoms with E-state index in [-0.39, 0.29) is 24.7 Å². The number of hydrogen-bond acceptors (Lipinski definition) is 3. The molecule has 1 aliphatic rings. The highest BCUT2D eigenvalue weighted by Crippen LogP contribution is 2.34. The smallest absolute Gasteiger partial charge is 0.221 e. The zero-order valence-corrected chi connectivity index (χ0v) is 16.8. The van der Waals surface area contributed by atoms with E-state index in [2.05, 4.69) is 11.4 Å². The van der Waals surface area contributed by atoms with Crippen LogP contribution in [0.15, 0.2) is 54.6 Å². The molecule has 0 saturated heterocycles. The Bertz CT molecular complexity index is 986. The van der Waals surface area contributed by atoms with E-state index in [4.69, 9.17) is 22.3 Å². The normalized spacial score (nSPS) is 12.2. The van der Waals surface area contributed by atoms with Crippen molar-refractivity contribution in [3.63, 3.8) is 0 Å². The largest absolute Gasteiger partial charge is 0.369 e. The average molecular weight is 414 g/mol. The maximum Gasteiger partial charge on any atom is 0.221 e. The zero-order chi connectivity index (χ0) is 18.8. The number of carbonyl (C=O) groups is 1. The highest BCUT2D eigenvalue weighted by Gasteiger charge is 2.18. The van der Waals surface area contributed by atoms with Crippen molar-refractivity contribution < 1.29 is 4.79 Å². The van der Waals surface area contributed by atoms with E-state index >= 15 is 0 Å². The maximum atomic E-state index is 11.1. The van der Waals surface area contributed by atoms with E-state index < -0.39 is 0 Å². The summed E-state index contributed by atoms with van der Waals surface area (Å²) in [4.78, 5) is 15.9. The number of nitrogens with one attached hydrogen (secondary N) is 1. The average Bonchev–Trinajstić information content (AvgIpc) is 3.12. The Morgan fingerprint density at radius 3 is 2.46 bits per heavy atom. The van der Waals surface area contributed by atoms with Crippen LogP contribution >= 0.6 is 24.0 Å². The van der Waals surface area contributed by atoms with Crippen molar-refractivity contribution in [3.8, 4) is 11.3 Å². The first-order chi connectivity index (χ1) is 13.1. The molecule has 3 N–H and O–H groups in total. The number of rotatable bonds is 5. The van der Waals surface area contributed by atoms with Crippen molar-refractivity contribution in [2.75, 3.05) is 5.32 Å². The van der Waals surface area contributed by atoms with Gasteiger partial charge in [0.2, 0.25) is 5.91 Å². The number of halogens is 2. The number of nitrogens with zero attached hydrogens (tertiary/aromatic N) is 1. The third-order valence-electron chi connectivity index (χ3n) is 4.80. The fourth-order valence-electron chi connectivity index (χ4n) is 3.49. The molecule has 0 atom stereocenters. The minimum absolute atomic E-state index is 0. The Labute approximate surface area is 175 Å². The topological polar surface area (TPSA) is 68.0 Å². The Kier molecular flexibility index (Phi) is 6.22. The van der Waals surface area contributed by atoms with Gasteiger partial charge in [-0.05, 0) is 60.7 Å². The summed E-state index contributed by atoms with van der Waals surface area (Å²) in [6, 6.07) is 17.7. The summed E-state index contributed by atoms with van der Waals surface area (Å²) in [7, 11) is 0.